The number of carboxylic acid groups (broad SMARTS) is 1. The maximum Gasteiger partial charge on any atom is 0.310 e. The standard InChI is InChI=1S/C40H64O12/c1-35(2)13-15-40(34(47)48)16-14-38(5)21(22(40)17-35)7-8-26-36(3)11-10-27(37(4,20-41)25(36)9-12-39(26,38)6)51-33-31(29(45)24(43)19-50-33)52-32-30(46)28(44)23(42)18-49-32/h7,22-33,41-46H,8-20H2,1-6H3,(H,47,48). The fraction of sp³-hybridized carbons (Fsp3) is 0.925. The molecule has 7 aliphatic rings. The van der Waals surface area contributed by atoms with Gasteiger partial charge in [0.2, 0.25) is 0 Å². The molecule has 2 saturated heterocycles. The predicted octanol–water partition coefficient (Wildman–Crippen LogP) is 3.13. The molecule has 6 fully saturated rings. The van der Waals surface area contributed by atoms with Gasteiger partial charge in [-0.05, 0) is 104 Å². The smallest absolute Gasteiger partial charge is 0.310 e. The summed E-state index contributed by atoms with van der Waals surface area (Å²) in [5.74, 6) is -0.185. The molecule has 0 aromatic heterocycles. The fourth-order valence-corrected chi connectivity index (χ4v) is 13.1. The zero-order chi connectivity index (χ0) is 37.8. The van der Waals surface area contributed by atoms with Crippen molar-refractivity contribution in [2.45, 2.75) is 161 Å². The van der Waals surface area contributed by atoms with Crippen LogP contribution in [0.25, 0.3) is 0 Å². The van der Waals surface area contributed by atoms with Crippen LogP contribution in [0.15, 0.2) is 11.6 Å². The molecule has 0 spiro atoms. The highest BCUT2D eigenvalue weighted by atomic mass is 16.7. The summed E-state index contributed by atoms with van der Waals surface area (Å²) in [6, 6.07) is 0. The van der Waals surface area contributed by atoms with E-state index in [9.17, 15) is 40.5 Å². The number of carboxylic acids is 1. The highest BCUT2D eigenvalue weighted by Gasteiger charge is 2.70. The first kappa shape index (κ1) is 39.1. The van der Waals surface area contributed by atoms with E-state index in [4.69, 9.17) is 18.9 Å². The molecule has 4 saturated carbocycles. The van der Waals surface area contributed by atoms with E-state index in [2.05, 4.69) is 47.6 Å². The first-order valence-electron chi connectivity index (χ1n) is 19.8. The van der Waals surface area contributed by atoms with E-state index in [0.717, 1.165) is 51.4 Å². The van der Waals surface area contributed by atoms with Crippen LogP contribution in [0.2, 0.25) is 0 Å². The average Bonchev–Trinajstić information content (AvgIpc) is 3.09. The molecule has 12 heteroatoms. The highest BCUT2D eigenvalue weighted by Crippen LogP contribution is 2.76. The molecule has 7 rings (SSSR count). The number of aliphatic hydroxyl groups excluding tert-OH is 6. The van der Waals surface area contributed by atoms with Gasteiger partial charge in [0.1, 0.15) is 36.6 Å². The Kier molecular flexibility index (Phi) is 9.92. The Morgan fingerprint density at radius 2 is 1.44 bits per heavy atom. The summed E-state index contributed by atoms with van der Waals surface area (Å²) in [6.07, 6.45) is -0.763. The average molecular weight is 737 g/mol. The fourth-order valence-electron chi connectivity index (χ4n) is 13.1. The zero-order valence-electron chi connectivity index (χ0n) is 31.9. The molecule has 12 nitrogen and oxygen atoms in total. The summed E-state index contributed by atoms with van der Waals surface area (Å²) >= 11 is 0. The van der Waals surface area contributed by atoms with Crippen molar-refractivity contribution in [2.24, 2.45) is 50.2 Å². The summed E-state index contributed by atoms with van der Waals surface area (Å²) in [7, 11) is 0. The van der Waals surface area contributed by atoms with E-state index in [-0.39, 0.29) is 53.3 Å². The molecule has 52 heavy (non-hydrogen) atoms. The molecular weight excluding hydrogens is 672 g/mol. The van der Waals surface area contributed by atoms with Crippen LogP contribution in [-0.4, -0.2) is 117 Å². The van der Waals surface area contributed by atoms with Gasteiger partial charge < -0.3 is 54.7 Å². The normalized spacial score (nSPS) is 54.5. The molecule has 0 bridgehead atoms. The van der Waals surface area contributed by atoms with Crippen molar-refractivity contribution >= 4 is 5.97 Å². The van der Waals surface area contributed by atoms with Crippen LogP contribution < -0.4 is 0 Å². The Labute approximate surface area is 307 Å². The van der Waals surface area contributed by atoms with Gasteiger partial charge in [-0.25, -0.2) is 0 Å². The lowest BCUT2D eigenvalue weighted by atomic mass is 9.33. The highest BCUT2D eigenvalue weighted by molar-refractivity contribution is 5.76. The van der Waals surface area contributed by atoms with Gasteiger partial charge in [-0.15, -0.1) is 0 Å². The first-order chi connectivity index (χ1) is 24.3. The SMILES string of the molecule is CC1(C)CCC2(C(=O)O)CCC3(C)C(=CCC4C5(C)CCC(OC6OCC(O)C(O)C6OC6OCC(O)C(O)C6O)C(C)(CO)C5CCC43C)C2C1. The van der Waals surface area contributed by atoms with Crippen molar-refractivity contribution in [3.63, 3.8) is 0 Å². The molecular formula is C40H64O12. The minimum atomic E-state index is -1.61. The van der Waals surface area contributed by atoms with E-state index in [1.165, 1.54) is 5.57 Å². The van der Waals surface area contributed by atoms with Gasteiger partial charge >= 0.3 is 5.97 Å². The Morgan fingerprint density at radius 3 is 2.12 bits per heavy atom. The van der Waals surface area contributed by atoms with Crippen LogP contribution in [-0.2, 0) is 23.7 Å². The molecule has 2 heterocycles. The monoisotopic (exact) mass is 736 g/mol. The molecule has 0 amide bonds. The third kappa shape index (κ3) is 5.63. The number of hydrogen-bond acceptors (Lipinski definition) is 11. The molecule has 296 valence electrons. The van der Waals surface area contributed by atoms with Gasteiger partial charge in [0, 0.05) is 5.41 Å². The lowest BCUT2D eigenvalue weighted by molar-refractivity contribution is -0.358. The lowest BCUT2D eigenvalue weighted by Gasteiger charge is -2.71. The van der Waals surface area contributed by atoms with E-state index in [1.54, 1.807) is 0 Å². The van der Waals surface area contributed by atoms with E-state index in [0.29, 0.717) is 18.8 Å². The number of allylic oxidation sites excluding steroid dienone is 2. The van der Waals surface area contributed by atoms with Crippen LogP contribution in [0.5, 0.6) is 0 Å². The summed E-state index contributed by atoms with van der Waals surface area (Å²) < 4.78 is 24.0. The lowest BCUT2D eigenvalue weighted by Crippen LogP contribution is -2.67. The van der Waals surface area contributed by atoms with Gasteiger partial charge in [0.25, 0.3) is 0 Å². The molecule has 5 aliphatic carbocycles. The summed E-state index contributed by atoms with van der Waals surface area (Å²) in [6.45, 7) is 13.3. The minimum absolute atomic E-state index is 0.0376. The molecule has 2 aliphatic heterocycles. The second-order valence-electron chi connectivity index (χ2n) is 19.6. The number of carbonyl (C=O) groups is 1. The molecule has 0 aromatic rings. The van der Waals surface area contributed by atoms with E-state index in [1.807, 2.05) is 0 Å². The van der Waals surface area contributed by atoms with Gasteiger partial charge in [-0.1, -0.05) is 53.2 Å². The van der Waals surface area contributed by atoms with Gasteiger partial charge in [-0.2, -0.15) is 0 Å². The Bertz CT molecular complexity index is 1400. The summed E-state index contributed by atoms with van der Waals surface area (Å²) in [5, 5.41) is 74.2. The molecule has 0 aromatic carbocycles. The van der Waals surface area contributed by atoms with Crippen molar-refractivity contribution in [1.29, 1.82) is 0 Å². The first-order valence-corrected chi connectivity index (χ1v) is 19.8. The van der Waals surface area contributed by atoms with E-state index >= 15 is 0 Å². The largest absolute Gasteiger partial charge is 0.481 e. The van der Waals surface area contributed by atoms with Crippen molar-refractivity contribution < 1.29 is 59.5 Å². The Hall–Kier alpha value is -1.19. The van der Waals surface area contributed by atoms with Crippen molar-refractivity contribution in [3.8, 4) is 0 Å². The summed E-state index contributed by atoms with van der Waals surface area (Å²) in [4.78, 5) is 13.0. The number of ether oxygens (including phenoxy) is 4. The maximum atomic E-state index is 13.0. The second-order valence-corrected chi connectivity index (χ2v) is 19.6. The van der Waals surface area contributed by atoms with Gasteiger partial charge in [-0.3, -0.25) is 4.79 Å². The Morgan fingerprint density at radius 1 is 0.788 bits per heavy atom. The third-order valence-corrected chi connectivity index (χ3v) is 16.6. The maximum absolute atomic E-state index is 13.0. The van der Waals surface area contributed by atoms with E-state index < -0.39 is 72.1 Å². The van der Waals surface area contributed by atoms with Crippen molar-refractivity contribution in [1.82, 2.24) is 0 Å². The predicted molar refractivity (Wildman–Crippen MR) is 187 cm³/mol. The number of rotatable bonds is 6. The van der Waals surface area contributed by atoms with Crippen LogP contribution in [0.4, 0.5) is 0 Å². The summed E-state index contributed by atoms with van der Waals surface area (Å²) in [5.41, 5.74) is -0.220. The molecule has 17 atom stereocenters. The minimum Gasteiger partial charge on any atom is -0.481 e. The number of aliphatic carboxylic acids is 1. The van der Waals surface area contributed by atoms with Gasteiger partial charge in [0.05, 0.1) is 31.3 Å². The molecule has 0 radical (unpaired) electrons. The number of aliphatic hydroxyl groups is 6. The quantitative estimate of drug-likeness (QED) is 0.156. The van der Waals surface area contributed by atoms with Gasteiger partial charge in [0.15, 0.2) is 12.6 Å². The van der Waals surface area contributed by atoms with Crippen LogP contribution in [0.1, 0.15) is 106 Å². The molecule has 7 N–H and O–H groups in total. The van der Waals surface area contributed by atoms with Crippen LogP contribution in [0.3, 0.4) is 0 Å². The van der Waals surface area contributed by atoms with Crippen LogP contribution >= 0.6 is 0 Å². The number of hydrogen-bond donors (Lipinski definition) is 7. The van der Waals surface area contributed by atoms with Crippen LogP contribution in [0, 0.1) is 50.2 Å². The second kappa shape index (κ2) is 13.2. The topological polar surface area (TPSA) is 196 Å². The molecule has 17 unspecified atom stereocenters. The van der Waals surface area contributed by atoms with Crippen molar-refractivity contribution in [2.75, 3.05) is 19.8 Å². The number of fused-ring (bicyclic) bond motifs is 7. The van der Waals surface area contributed by atoms with Crippen molar-refractivity contribution in [3.05, 3.63) is 11.6 Å². The third-order valence-electron chi connectivity index (χ3n) is 16.6. The zero-order valence-corrected chi connectivity index (χ0v) is 31.9. The Balaban J connectivity index is 1.15.